The quantitative estimate of drug-likeness (QED) is 0.865. The fourth-order valence-electron chi connectivity index (χ4n) is 2.66. The summed E-state index contributed by atoms with van der Waals surface area (Å²) in [6.45, 7) is 4.73. The minimum atomic E-state index is -3.43. The Morgan fingerprint density at radius 3 is 2.45 bits per heavy atom. The first kappa shape index (κ1) is 15.4. The van der Waals surface area contributed by atoms with Crippen LogP contribution in [0.1, 0.15) is 32.3 Å². The zero-order chi connectivity index (χ0) is 14.9. The van der Waals surface area contributed by atoms with Crippen molar-refractivity contribution in [3.8, 4) is 0 Å². The van der Waals surface area contributed by atoms with Crippen molar-refractivity contribution in [3.63, 3.8) is 0 Å². The minimum Gasteiger partial charge on any atom is -0.389 e. The molecule has 0 aliphatic carbocycles. The number of rotatable bonds is 4. The largest absolute Gasteiger partial charge is 0.389 e. The number of nitrogens with two attached hydrogens (primary N) is 1. The molecule has 6 heteroatoms. The summed E-state index contributed by atoms with van der Waals surface area (Å²) in [6, 6.07) is 6.58. The number of thiocarbonyl (C=S) groups is 1. The third kappa shape index (κ3) is 2.87. The summed E-state index contributed by atoms with van der Waals surface area (Å²) in [6.07, 6.45) is 1.86. The van der Waals surface area contributed by atoms with Crippen LogP contribution >= 0.6 is 12.2 Å². The van der Waals surface area contributed by atoms with Gasteiger partial charge in [0.25, 0.3) is 0 Å². The molecular weight excluding hydrogens is 292 g/mol. The van der Waals surface area contributed by atoms with E-state index in [-0.39, 0.29) is 11.0 Å². The summed E-state index contributed by atoms with van der Waals surface area (Å²) >= 11 is 4.88. The van der Waals surface area contributed by atoms with E-state index in [2.05, 4.69) is 13.8 Å². The topological polar surface area (TPSA) is 63.4 Å². The Kier molecular flexibility index (Phi) is 4.46. The van der Waals surface area contributed by atoms with E-state index in [0.717, 1.165) is 12.8 Å². The Labute approximate surface area is 126 Å². The van der Waals surface area contributed by atoms with Gasteiger partial charge in [-0.1, -0.05) is 38.2 Å². The maximum absolute atomic E-state index is 12.7. The molecule has 0 bridgehead atoms. The molecule has 110 valence electrons. The SMILES string of the molecule is CC(C)C1CCCN1S(=O)(=O)c1ccc(C(N)=S)cc1. The first-order valence-electron chi connectivity index (χ1n) is 6.75. The van der Waals surface area contributed by atoms with Crippen LogP contribution in [0.4, 0.5) is 0 Å². The monoisotopic (exact) mass is 312 g/mol. The number of hydrogen-bond donors (Lipinski definition) is 1. The van der Waals surface area contributed by atoms with Crippen LogP contribution < -0.4 is 5.73 Å². The highest BCUT2D eigenvalue weighted by Gasteiger charge is 2.36. The van der Waals surface area contributed by atoms with E-state index in [1.807, 2.05) is 0 Å². The average Bonchev–Trinajstić information content (AvgIpc) is 2.89. The molecule has 1 aliphatic rings. The summed E-state index contributed by atoms with van der Waals surface area (Å²) in [4.78, 5) is 0.584. The lowest BCUT2D eigenvalue weighted by Crippen LogP contribution is -2.38. The minimum absolute atomic E-state index is 0.0928. The molecule has 0 spiro atoms. The van der Waals surface area contributed by atoms with Crippen molar-refractivity contribution < 1.29 is 8.42 Å². The summed E-state index contributed by atoms with van der Waals surface area (Å²) in [5.41, 5.74) is 6.21. The highest BCUT2D eigenvalue weighted by Crippen LogP contribution is 2.30. The lowest BCUT2D eigenvalue weighted by molar-refractivity contribution is 0.316. The Hall–Kier alpha value is -0.980. The van der Waals surface area contributed by atoms with E-state index in [1.54, 1.807) is 28.6 Å². The predicted octanol–water partition coefficient (Wildman–Crippen LogP) is 2.13. The Balaban J connectivity index is 2.32. The third-order valence-electron chi connectivity index (χ3n) is 3.76. The van der Waals surface area contributed by atoms with Gasteiger partial charge in [-0.05, 0) is 30.9 Å². The highest BCUT2D eigenvalue weighted by atomic mass is 32.2. The lowest BCUT2D eigenvalue weighted by atomic mass is 10.0. The molecule has 0 saturated carbocycles. The molecule has 1 aromatic rings. The molecule has 1 aliphatic heterocycles. The lowest BCUT2D eigenvalue weighted by Gasteiger charge is -2.26. The van der Waals surface area contributed by atoms with Crippen molar-refractivity contribution >= 4 is 27.2 Å². The number of sulfonamides is 1. The zero-order valence-electron chi connectivity index (χ0n) is 11.7. The van der Waals surface area contributed by atoms with Crippen LogP contribution in [-0.4, -0.2) is 30.3 Å². The van der Waals surface area contributed by atoms with Crippen LogP contribution in [0, 0.1) is 5.92 Å². The molecule has 1 saturated heterocycles. The molecule has 1 unspecified atom stereocenters. The average molecular weight is 312 g/mol. The maximum atomic E-state index is 12.7. The normalized spacial score (nSPS) is 20.4. The molecule has 20 heavy (non-hydrogen) atoms. The first-order valence-corrected chi connectivity index (χ1v) is 8.60. The third-order valence-corrected chi connectivity index (χ3v) is 5.94. The Morgan fingerprint density at radius 1 is 1.35 bits per heavy atom. The second kappa shape index (κ2) is 5.79. The molecule has 1 atom stereocenters. The van der Waals surface area contributed by atoms with E-state index in [1.165, 1.54) is 0 Å². The van der Waals surface area contributed by atoms with Crippen molar-refractivity contribution in [2.45, 2.75) is 37.6 Å². The second-order valence-corrected chi connectivity index (χ2v) is 7.79. The first-order chi connectivity index (χ1) is 9.34. The molecule has 2 N–H and O–H groups in total. The van der Waals surface area contributed by atoms with Crippen molar-refractivity contribution in [2.24, 2.45) is 11.7 Å². The van der Waals surface area contributed by atoms with Gasteiger partial charge in [-0.25, -0.2) is 8.42 Å². The molecule has 1 heterocycles. The Morgan fingerprint density at radius 2 is 1.95 bits per heavy atom. The van der Waals surface area contributed by atoms with E-state index in [9.17, 15) is 8.42 Å². The Bertz CT molecular complexity index is 594. The van der Waals surface area contributed by atoms with Crippen LogP contribution in [-0.2, 0) is 10.0 Å². The van der Waals surface area contributed by atoms with Gasteiger partial charge < -0.3 is 5.73 Å². The van der Waals surface area contributed by atoms with Crippen molar-refractivity contribution in [3.05, 3.63) is 29.8 Å². The summed E-state index contributed by atoms with van der Waals surface area (Å²) in [5.74, 6) is 0.322. The summed E-state index contributed by atoms with van der Waals surface area (Å²) in [7, 11) is -3.43. The van der Waals surface area contributed by atoms with Crippen LogP contribution in [0.25, 0.3) is 0 Å². The van der Waals surface area contributed by atoms with Crippen LogP contribution in [0.2, 0.25) is 0 Å². The maximum Gasteiger partial charge on any atom is 0.243 e. The molecule has 4 nitrogen and oxygen atoms in total. The highest BCUT2D eigenvalue weighted by molar-refractivity contribution is 7.89. The number of benzene rings is 1. The van der Waals surface area contributed by atoms with Gasteiger partial charge in [-0.15, -0.1) is 0 Å². The predicted molar refractivity (Wildman–Crippen MR) is 84.1 cm³/mol. The van der Waals surface area contributed by atoms with Gasteiger partial charge in [0.15, 0.2) is 0 Å². The van der Waals surface area contributed by atoms with Crippen LogP contribution in [0.5, 0.6) is 0 Å². The fraction of sp³-hybridized carbons (Fsp3) is 0.500. The standard InChI is InChI=1S/C14H20N2O2S2/c1-10(2)13-4-3-9-16(13)20(17,18)12-7-5-11(6-8-12)14(15)19/h5-8,10,13H,3-4,9H2,1-2H3,(H2,15,19). The number of hydrogen-bond acceptors (Lipinski definition) is 3. The van der Waals surface area contributed by atoms with Gasteiger partial charge in [-0.2, -0.15) is 4.31 Å². The molecular formula is C14H20N2O2S2. The van der Waals surface area contributed by atoms with Gasteiger partial charge in [-0.3, -0.25) is 0 Å². The molecule has 0 aromatic heterocycles. The second-order valence-electron chi connectivity index (χ2n) is 5.46. The van der Waals surface area contributed by atoms with Gasteiger partial charge in [0, 0.05) is 18.2 Å². The molecule has 0 radical (unpaired) electrons. The van der Waals surface area contributed by atoms with Crippen LogP contribution in [0.3, 0.4) is 0 Å². The smallest absolute Gasteiger partial charge is 0.243 e. The fourth-order valence-corrected chi connectivity index (χ4v) is 4.62. The van der Waals surface area contributed by atoms with E-state index in [4.69, 9.17) is 18.0 Å². The van der Waals surface area contributed by atoms with E-state index < -0.39 is 10.0 Å². The van der Waals surface area contributed by atoms with Crippen molar-refractivity contribution in [1.29, 1.82) is 0 Å². The van der Waals surface area contributed by atoms with Crippen LogP contribution in [0.15, 0.2) is 29.2 Å². The number of nitrogens with zero attached hydrogens (tertiary/aromatic N) is 1. The van der Waals surface area contributed by atoms with Gasteiger partial charge in [0.1, 0.15) is 4.99 Å². The van der Waals surface area contributed by atoms with Gasteiger partial charge >= 0.3 is 0 Å². The molecule has 1 fully saturated rings. The molecule has 1 aromatic carbocycles. The summed E-state index contributed by atoms with van der Waals surface area (Å²) in [5, 5.41) is 0. The van der Waals surface area contributed by atoms with E-state index in [0.29, 0.717) is 22.9 Å². The molecule has 2 rings (SSSR count). The van der Waals surface area contributed by atoms with Crippen molar-refractivity contribution in [2.75, 3.05) is 6.54 Å². The van der Waals surface area contributed by atoms with Crippen molar-refractivity contribution in [1.82, 2.24) is 4.31 Å². The summed E-state index contributed by atoms with van der Waals surface area (Å²) < 4.78 is 27.0. The van der Waals surface area contributed by atoms with E-state index >= 15 is 0 Å². The molecule has 0 amide bonds. The van der Waals surface area contributed by atoms with Gasteiger partial charge in [0.05, 0.1) is 4.90 Å². The zero-order valence-corrected chi connectivity index (χ0v) is 13.4. The van der Waals surface area contributed by atoms with Gasteiger partial charge in [0.2, 0.25) is 10.0 Å².